The Kier molecular flexibility index (Phi) is 5.00. The second-order valence-electron chi connectivity index (χ2n) is 4.39. The van der Waals surface area contributed by atoms with E-state index in [-0.39, 0.29) is 5.54 Å². The van der Waals surface area contributed by atoms with E-state index in [0.717, 1.165) is 19.5 Å². The van der Waals surface area contributed by atoms with Crippen molar-refractivity contribution in [2.45, 2.75) is 52.5 Å². The van der Waals surface area contributed by atoms with Gasteiger partial charge in [-0.3, -0.25) is 4.68 Å². The third-order valence-electron chi connectivity index (χ3n) is 3.28. The summed E-state index contributed by atoms with van der Waals surface area (Å²) in [6.07, 6.45) is 7.63. The van der Waals surface area contributed by atoms with Crippen LogP contribution in [0.1, 0.15) is 46.1 Å². The highest BCUT2D eigenvalue weighted by Crippen LogP contribution is 2.26. The van der Waals surface area contributed by atoms with Crippen molar-refractivity contribution in [3.05, 3.63) is 18.0 Å². The van der Waals surface area contributed by atoms with Crippen molar-refractivity contribution < 1.29 is 0 Å². The maximum absolute atomic E-state index is 4.47. The first-order valence-corrected chi connectivity index (χ1v) is 6.49. The largest absolute Gasteiger partial charge is 0.317 e. The molecule has 0 spiro atoms. The van der Waals surface area contributed by atoms with Crippen molar-refractivity contribution in [1.82, 2.24) is 15.1 Å². The molecule has 2 heterocycles. The second-order valence-corrected chi connectivity index (χ2v) is 4.39. The number of hydrogen-bond acceptors (Lipinski definition) is 2. The van der Waals surface area contributed by atoms with Crippen LogP contribution in [0.3, 0.4) is 0 Å². The van der Waals surface area contributed by atoms with Crippen LogP contribution < -0.4 is 5.32 Å². The maximum Gasteiger partial charge on any atom is 0.0623 e. The van der Waals surface area contributed by atoms with Gasteiger partial charge in [0.2, 0.25) is 0 Å². The molecule has 2 rings (SSSR count). The van der Waals surface area contributed by atoms with E-state index in [4.69, 9.17) is 0 Å². The number of piperidine rings is 1. The van der Waals surface area contributed by atoms with E-state index in [1.54, 1.807) is 0 Å². The summed E-state index contributed by atoms with van der Waals surface area (Å²) in [5, 5.41) is 7.86. The topological polar surface area (TPSA) is 29.9 Å². The molecule has 0 amide bonds. The number of rotatable bonds is 2. The van der Waals surface area contributed by atoms with Gasteiger partial charge < -0.3 is 5.32 Å². The first-order chi connectivity index (χ1) is 7.74. The summed E-state index contributed by atoms with van der Waals surface area (Å²) in [6, 6.07) is 0. The van der Waals surface area contributed by atoms with Crippen LogP contribution in [0.25, 0.3) is 0 Å². The first kappa shape index (κ1) is 13.2. The van der Waals surface area contributed by atoms with Gasteiger partial charge in [-0.1, -0.05) is 20.8 Å². The van der Waals surface area contributed by atoms with E-state index in [2.05, 4.69) is 35.1 Å². The third-order valence-corrected chi connectivity index (χ3v) is 3.28. The lowest BCUT2D eigenvalue weighted by Gasteiger charge is -2.34. The van der Waals surface area contributed by atoms with E-state index in [0.29, 0.717) is 0 Å². The Hall–Kier alpha value is -0.830. The molecular formula is C13H25N3. The molecular weight excluding hydrogens is 198 g/mol. The van der Waals surface area contributed by atoms with Crippen LogP contribution in [0.15, 0.2) is 12.4 Å². The van der Waals surface area contributed by atoms with Gasteiger partial charge in [-0.25, -0.2) is 0 Å². The van der Waals surface area contributed by atoms with Crippen LogP contribution in [0.5, 0.6) is 0 Å². The van der Waals surface area contributed by atoms with E-state index < -0.39 is 0 Å². The molecule has 1 fully saturated rings. The molecule has 3 nitrogen and oxygen atoms in total. The highest BCUT2D eigenvalue weighted by Gasteiger charge is 2.29. The normalized spacial score (nSPS) is 18.8. The second kappa shape index (κ2) is 6.04. The Balaban J connectivity index is 0.000000606. The minimum atomic E-state index is 0.235. The molecule has 1 saturated heterocycles. The van der Waals surface area contributed by atoms with Gasteiger partial charge in [0.1, 0.15) is 0 Å². The molecule has 92 valence electrons. The Morgan fingerprint density at radius 3 is 2.50 bits per heavy atom. The Morgan fingerprint density at radius 2 is 2.00 bits per heavy atom. The molecule has 3 heteroatoms. The monoisotopic (exact) mass is 223 g/mol. The Bertz CT molecular complexity index is 298. The summed E-state index contributed by atoms with van der Waals surface area (Å²) in [5.41, 5.74) is 1.57. The summed E-state index contributed by atoms with van der Waals surface area (Å²) in [4.78, 5) is 0. The van der Waals surface area contributed by atoms with Crippen molar-refractivity contribution >= 4 is 0 Å². The summed E-state index contributed by atoms with van der Waals surface area (Å²) in [5.74, 6) is 0. The predicted molar refractivity (Wildman–Crippen MR) is 68.7 cm³/mol. The molecule has 0 radical (unpaired) electrons. The lowest BCUT2D eigenvalue weighted by atomic mass is 9.91. The molecule has 0 aromatic carbocycles. The van der Waals surface area contributed by atoms with Crippen molar-refractivity contribution in [2.24, 2.45) is 0 Å². The number of aryl methyl sites for hydroxylation is 1. The zero-order valence-corrected chi connectivity index (χ0v) is 11.1. The number of aromatic nitrogens is 2. The van der Waals surface area contributed by atoms with E-state index in [9.17, 15) is 0 Å². The van der Waals surface area contributed by atoms with E-state index in [1.165, 1.54) is 18.4 Å². The van der Waals surface area contributed by atoms with Crippen LogP contribution in [-0.4, -0.2) is 22.9 Å². The molecule has 16 heavy (non-hydrogen) atoms. The molecule has 1 aromatic rings. The van der Waals surface area contributed by atoms with Gasteiger partial charge in [0.15, 0.2) is 0 Å². The fourth-order valence-corrected chi connectivity index (χ4v) is 2.03. The van der Waals surface area contributed by atoms with Crippen LogP contribution in [0.4, 0.5) is 0 Å². The average molecular weight is 223 g/mol. The zero-order valence-electron chi connectivity index (χ0n) is 11.1. The summed E-state index contributed by atoms with van der Waals surface area (Å²) >= 11 is 0. The standard InChI is InChI=1S/C11H19N3.C2H6/c1-3-10-8-13-14(9-10)11(2)4-6-12-7-5-11;1-2/h8-9,12H,3-7H2,1-2H3;1-2H3. The fourth-order valence-electron chi connectivity index (χ4n) is 2.03. The summed E-state index contributed by atoms with van der Waals surface area (Å²) in [6.45, 7) is 10.7. The maximum atomic E-state index is 4.47. The van der Waals surface area contributed by atoms with Gasteiger partial charge in [-0.2, -0.15) is 5.10 Å². The molecule has 1 aromatic heterocycles. The molecule has 0 unspecified atom stereocenters. The molecule has 0 saturated carbocycles. The van der Waals surface area contributed by atoms with E-state index in [1.807, 2.05) is 20.0 Å². The van der Waals surface area contributed by atoms with Gasteiger partial charge in [-0.05, 0) is 44.8 Å². The molecule has 0 bridgehead atoms. The fraction of sp³-hybridized carbons (Fsp3) is 0.769. The van der Waals surface area contributed by atoms with Crippen LogP contribution in [0, 0.1) is 0 Å². The Morgan fingerprint density at radius 1 is 1.38 bits per heavy atom. The van der Waals surface area contributed by atoms with Crippen LogP contribution in [0.2, 0.25) is 0 Å². The van der Waals surface area contributed by atoms with Crippen molar-refractivity contribution in [3.63, 3.8) is 0 Å². The molecule has 0 aliphatic carbocycles. The van der Waals surface area contributed by atoms with Gasteiger partial charge in [-0.15, -0.1) is 0 Å². The van der Waals surface area contributed by atoms with Gasteiger partial charge in [0.05, 0.1) is 11.7 Å². The van der Waals surface area contributed by atoms with Crippen molar-refractivity contribution in [3.8, 4) is 0 Å². The van der Waals surface area contributed by atoms with E-state index >= 15 is 0 Å². The zero-order chi connectivity index (χ0) is 12.0. The highest BCUT2D eigenvalue weighted by molar-refractivity contribution is 5.05. The minimum absolute atomic E-state index is 0.235. The highest BCUT2D eigenvalue weighted by atomic mass is 15.3. The molecule has 1 aliphatic rings. The molecule has 1 N–H and O–H groups in total. The number of nitrogens with one attached hydrogen (secondary N) is 1. The van der Waals surface area contributed by atoms with Gasteiger partial charge >= 0.3 is 0 Å². The lowest BCUT2D eigenvalue weighted by Crippen LogP contribution is -2.42. The van der Waals surface area contributed by atoms with Crippen LogP contribution >= 0.6 is 0 Å². The number of hydrogen-bond donors (Lipinski definition) is 1. The van der Waals surface area contributed by atoms with Crippen molar-refractivity contribution in [2.75, 3.05) is 13.1 Å². The molecule has 1 aliphatic heterocycles. The van der Waals surface area contributed by atoms with Gasteiger partial charge in [0, 0.05) is 6.20 Å². The van der Waals surface area contributed by atoms with Gasteiger partial charge in [0.25, 0.3) is 0 Å². The SMILES string of the molecule is CC.CCc1cnn(C2(C)CCNCC2)c1. The smallest absolute Gasteiger partial charge is 0.0623 e. The quantitative estimate of drug-likeness (QED) is 0.835. The summed E-state index contributed by atoms with van der Waals surface area (Å²) in [7, 11) is 0. The first-order valence-electron chi connectivity index (χ1n) is 6.49. The van der Waals surface area contributed by atoms with Crippen LogP contribution in [-0.2, 0) is 12.0 Å². The Labute approximate surface area is 99.2 Å². The molecule has 0 atom stereocenters. The van der Waals surface area contributed by atoms with Crippen molar-refractivity contribution in [1.29, 1.82) is 0 Å². The minimum Gasteiger partial charge on any atom is -0.317 e. The number of nitrogens with zero attached hydrogens (tertiary/aromatic N) is 2. The third kappa shape index (κ3) is 2.85. The lowest BCUT2D eigenvalue weighted by molar-refractivity contribution is 0.209. The predicted octanol–water partition coefficient (Wildman–Crippen LogP) is 2.57. The average Bonchev–Trinajstić information content (AvgIpc) is 2.82. The summed E-state index contributed by atoms with van der Waals surface area (Å²) < 4.78 is 2.16.